The standard InChI is InChI=1S/C19H23NO/c1-2-3-12-21-18-13-17-14-8-4-5-9-15(14)19(18)16-10-6-7-11-20(16)17/h4-11,16-19H,2-3,12-13H2,1H3. The smallest absolute Gasteiger partial charge is 0.0689 e. The maximum Gasteiger partial charge on any atom is 0.0689 e. The van der Waals surface area contributed by atoms with Gasteiger partial charge in [-0.05, 0) is 30.0 Å². The van der Waals surface area contributed by atoms with Crippen LogP contribution in [0.2, 0.25) is 0 Å². The van der Waals surface area contributed by atoms with Crippen molar-refractivity contribution in [2.45, 2.75) is 50.3 Å². The first kappa shape index (κ1) is 13.1. The molecule has 1 aromatic rings. The van der Waals surface area contributed by atoms with Gasteiger partial charge in [0.15, 0.2) is 0 Å². The summed E-state index contributed by atoms with van der Waals surface area (Å²) in [5, 5.41) is 0. The quantitative estimate of drug-likeness (QED) is 0.768. The van der Waals surface area contributed by atoms with Crippen LogP contribution < -0.4 is 0 Å². The first-order valence-corrected chi connectivity index (χ1v) is 8.23. The van der Waals surface area contributed by atoms with Crippen molar-refractivity contribution in [3.63, 3.8) is 0 Å². The number of piperidine rings is 1. The van der Waals surface area contributed by atoms with Crippen LogP contribution in [0.1, 0.15) is 49.3 Å². The highest BCUT2D eigenvalue weighted by Gasteiger charge is 2.48. The number of unbranched alkanes of at least 4 members (excludes halogenated alkanes) is 1. The highest BCUT2D eigenvalue weighted by atomic mass is 16.5. The Morgan fingerprint density at radius 2 is 2.05 bits per heavy atom. The van der Waals surface area contributed by atoms with Crippen molar-refractivity contribution in [2.24, 2.45) is 0 Å². The zero-order valence-corrected chi connectivity index (χ0v) is 12.6. The molecule has 2 nitrogen and oxygen atoms in total. The van der Waals surface area contributed by atoms with E-state index in [9.17, 15) is 0 Å². The van der Waals surface area contributed by atoms with E-state index in [1.165, 1.54) is 24.0 Å². The van der Waals surface area contributed by atoms with Crippen LogP contribution in [0.3, 0.4) is 0 Å². The average Bonchev–Trinajstić information content (AvgIpc) is 2.55. The summed E-state index contributed by atoms with van der Waals surface area (Å²) in [5.74, 6) is 0.476. The van der Waals surface area contributed by atoms with Gasteiger partial charge in [0.1, 0.15) is 0 Å². The van der Waals surface area contributed by atoms with E-state index >= 15 is 0 Å². The molecule has 4 aliphatic rings. The minimum absolute atomic E-state index is 0.369. The second-order valence-electron chi connectivity index (χ2n) is 6.33. The average molecular weight is 281 g/mol. The molecule has 3 heterocycles. The second-order valence-corrected chi connectivity index (χ2v) is 6.33. The van der Waals surface area contributed by atoms with Gasteiger partial charge < -0.3 is 9.64 Å². The number of hydrogen-bond acceptors (Lipinski definition) is 2. The molecule has 1 fully saturated rings. The molecule has 1 aliphatic carbocycles. The fourth-order valence-corrected chi connectivity index (χ4v) is 4.19. The van der Waals surface area contributed by atoms with Crippen LogP contribution in [0.25, 0.3) is 0 Å². The van der Waals surface area contributed by atoms with Crippen molar-refractivity contribution in [3.8, 4) is 0 Å². The van der Waals surface area contributed by atoms with E-state index < -0.39 is 0 Å². The molecule has 110 valence electrons. The predicted octanol–water partition coefficient (Wildman–Crippen LogP) is 4.17. The van der Waals surface area contributed by atoms with Crippen LogP contribution in [-0.2, 0) is 4.74 Å². The Hall–Kier alpha value is -1.54. The SMILES string of the molecule is CCCCOC1CC2c3ccccc3C1C1C=CC=CN21. The van der Waals surface area contributed by atoms with Gasteiger partial charge in [-0.15, -0.1) is 0 Å². The minimum Gasteiger partial charge on any atom is -0.377 e. The normalized spacial score (nSPS) is 32.1. The van der Waals surface area contributed by atoms with E-state index in [-0.39, 0.29) is 0 Å². The van der Waals surface area contributed by atoms with Gasteiger partial charge in [0, 0.05) is 18.7 Å². The highest BCUT2D eigenvalue weighted by molar-refractivity contribution is 5.44. The molecule has 0 saturated carbocycles. The van der Waals surface area contributed by atoms with Crippen molar-refractivity contribution in [1.29, 1.82) is 0 Å². The summed E-state index contributed by atoms with van der Waals surface area (Å²) in [5.41, 5.74) is 3.02. The van der Waals surface area contributed by atoms with Gasteiger partial charge in [-0.2, -0.15) is 0 Å². The molecule has 0 radical (unpaired) electrons. The van der Waals surface area contributed by atoms with Crippen molar-refractivity contribution in [3.05, 3.63) is 59.8 Å². The number of hydrogen-bond donors (Lipinski definition) is 0. The Labute approximate surface area is 127 Å². The van der Waals surface area contributed by atoms with Gasteiger partial charge in [-0.3, -0.25) is 0 Å². The highest BCUT2D eigenvalue weighted by Crippen LogP contribution is 2.52. The predicted molar refractivity (Wildman–Crippen MR) is 85.1 cm³/mol. The van der Waals surface area contributed by atoms with Gasteiger partial charge in [-0.25, -0.2) is 0 Å². The summed E-state index contributed by atoms with van der Waals surface area (Å²) in [6.07, 6.45) is 12.8. The molecular formula is C19H23NO. The fourth-order valence-electron chi connectivity index (χ4n) is 4.19. The lowest BCUT2D eigenvalue weighted by molar-refractivity contribution is -0.0472. The molecule has 21 heavy (non-hydrogen) atoms. The number of ether oxygens (including phenoxy) is 1. The van der Waals surface area contributed by atoms with E-state index in [0.717, 1.165) is 13.0 Å². The molecule has 0 aromatic heterocycles. The molecule has 4 atom stereocenters. The maximum atomic E-state index is 6.28. The van der Waals surface area contributed by atoms with Crippen LogP contribution in [0, 0.1) is 0 Å². The first-order valence-electron chi connectivity index (χ1n) is 8.23. The molecule has 3 aliphatic heterocycles. The summed E-state index contributed by atoms with van der Waals surface area (Å²) < 4.78 is 6.28. The topological polar surface area (TPSA) is 12.5 Å². The first-order chi connectivity index (χ1) is 10.4. The molecule has 2 bridgehead atoms. The Morgan fingerprint density at radius 3 is 2.90 bits per heavy atom. The summed E-state index contributed by atoms with van der Waals surface area (Å²) >= 11 is 0. The van der Waals surface area contributed by atoms with Crippen LogP contribution in [0.4, 0.5) is 0 Å². The molecule has 2 heteroatoms. The summed E-state index contributed by atoms with van der Waals surface area (Å²) in [6.45, 7) is 3.13. The maximum absolute atomic E-state index is 6.28. The molecular weight excluding hydrogens is 258 g/mol. The zero-order chi connectivity index (χ0) is 14.2. The third-order valence-corrected chi connectivity index (χ3v) is 5.15. The third-order valence-electron chi connectivity index (χ3n) is 5.15. The van der Waals surface area contributed by atoms with Crippen LogP contribution in [0.15, 0.2) is 48.7 Å². The Morgan fingerprint density at radius 1 is 1.19 bits per heavy atom. The van der Waals surface area contributed by atoms with Gasteiger partial charge in [0.05, 0.1) is 18.2 Å². The molecule has 5 rings (SSSR count). The second kappa shape index (κ2) is 5.34. The molecule has 1 aromatic carbocycles. The lowest BCUT2D eigenvalue weighted by atomic mass is 9.68. The molecule has 1 saturated heterocycles. The van der Waals surface area contributed by atoms with Crippen LogP contribution in [-0.4, -0.2) is 23.7 Å². The Bertz CT molecular complexity index is 577. The van der Waals surface area contributed by atoms with Gasteiger partial charge in [-0.1, -0.05) is 49.8 Å². The Balaban J connectivity index is 1.69. The van der Waals surface area contributed by atoms with E-state index in [0.29, 0.717) is 24.1 Å². The number of fused-ring (bicyclic) bond motifs is 1. The molecule has 4 unspecified atom stereocenters. The van der Waals surface area contributed by atoms with Crippen LogP contribution in [0.5, 0.6) is 0 Å². The lowest BCUT2D eigenvalue weighted by Crippen LogP contribution is -2.53. The summed E-state index contributed by atoms with van der Waals surface area (Å²) in [7, 11) is 0. The van der Waals surface area contributed by atoms with Crippen LogP contribution >= 0.6 is 0 Å². The lowest BCUT2D eigenvalue weighted by Gasteiger charge is -2.55. The number of allylic oxidation sites excluding steroid dienone is 2. The van der Waals surface area contributed by atoms with Crippen molar-refractivity contribution < 1.29 is 4.74 Å². The number of nitrogens with zero attached hydrogens (tertiary/aromatic N) is 1. The number of benzene rings is 1. The van der Waals surface area contributed by atoms with Gasteiger partial charge in [0.25, 0.3) is 0 Å². The van der Waals surface area contributed by atoms with E-state index in [2.05, 4.69) is 60.5 Å². The van der Waals surface area contributed by atoms with E-state index in [1.54, 1.807) is 0 Å². The van der Waals surface area contributed by atoms with Gasteiger partial charge in [0.2, 0.25) is 0 Å². The largest absolute Gasteiger partial charge is 0.377 e. The monoisotopic (exact) mass is 281 g/mol. The van der Waals surface area contributed by atoms with Crippen molar-refractivity contribution >= 4 is 0 Å². The van der Waals surface area contributed by atoms with Crippen molar-refractivity contribution in [2.75, 3.05) is 6.61 Å². The summed E-state index contributed by atoms with van der Waals surface area (Å²) in [6, 6.07) is 9.91. The number of rotatable bonds is 4. The van der Waals surface area contributed by atoms with Crippen molar-refractivity contribution in [1.82, 2.24) is 4.90 Å². The van der Waals surface area contributed by atoms with Gasteiger partial charge >= 0.3 is 0 Å². The molecule has 0 spiro atoms. The third kappa shape index (κ3) is 2.04. The minimum atomic E-state index is 0.369. The molecule has 0 N–H and O–H groups in total. The Kier molecular flexibility index (Phi) is 3.34. The molecule has 0 amide bonds. The summed E-state index contributed by atoms with van der Waals surface area (Å²) in [4.78, 5) is 2.53. The van der Waals surface area contributed by atoms with E-state index in [1.807, 2.05) is 0 Å². The fraction of sp³-hybridized carbons (Fsp3) is 0.474. The van der Waals surface area contributed by atoms with E-state index in [4.69, 9.17) is 4.74 Å². The zero-order valence-electron chi connectivity index (χ0n) is 12.6.